The highest BCUT2D eigenvalue weighted by molar-refractivity contribution is 5.50. The Kier molecular flexibility index (Phi) is 5.29. The predicted octanol–water partition coefficient (Wildman–Crippen LogP) is 2.40. The van der Waals surface area contributed by atoms with Crippen molar-refractivity contribution in [3.05, 3.63) is 30.6 Å². The molecule has 0 radical (unpaired) electrons. The molecule has 2 unspecified atom stereocenters. The lowest BCUT2D eigenvalue weighted by Crippen LogP contribution is -2.37. The monoisotopic (exact) mass is 370 g/mol. The summed E-state index contributed by atoms with van der Waals surface area (Å²) in [5.41, 5.74) is 0. The summed E-state index contributed by atoms with van der Waals surface area (Å²) in [5, 5.41) is 10.7. The lowest BCUT2D eigenvalue weighted by atomic mass is 9.90. The second-order valence-electron chi connectivity index (χ2n) is 8.09. The van der Waals surface area contributed by atoms with Crippen LogP contribution in [0.2, 0.25) is 0 Å². The van der Waals surface area contributed by atoms with E-state index in [2.05, 4.69) is 37.7 Å². The van der Waals surface area contributed by atoms with Gasteiger partial charge in [0, 0.05) is 51.7 Å². The molecule has 2 fully saturated rings. The van der Waals surface area contributed by atoms with E-state index in [0.29, 0.717) is 0 Å². The number of aliphatic hydroxyl groups excluding tert-OH is 1. The average molecular weight is 371 g/mol. The Balaban J connectivity index is 1.39. The highest BCUT2D eigenvalue weighted by Gasteiger charge is 2.29. The zero-order valence-electron chi connectivity index (χ0n) is 16.3. The molecule has 2 aromatic rings. The van der Waals surface area contributed by atoms with Gasteiger partial charge in [-0.3, -0.25) is 0 Å². The molecule has 2 aliphatic heterocycles. The molecule has 2 saturated heterocycles. The molecule has 4 rings (SSSR count). The van der Waals surface area contributed by atoms with Crippen LogP contribution in [0.15, 0.2) is 24.8 Å². The van der Waals surface area contributed by atoms with Crippen molar-refractivity contribution in [2.45, 2.75) is 38.7 Å². The van der Waals surface area contributed by atoms with Crippen LogP contribution in [-0.4, -0.2) is 50.8 Å². The van der Waals surface area contributed by atoms with Crippen LogP contribution in [0.4, 0.5) is 11.6 Å². The minimum Gasteiger partial charge on any atom is -0.385 e. The van der Waals surface area contributed by atoms with Gasteiger partial charge >= 0.3 is 0 Å². The van der Waals surface area contributed by atoms with Gasteiger partial charge in [-0.15, -0.1) is 0 Å². The van der Waals surface area contributed by atoms with Crippen molar-refractivity contribution in [2.24, 2.45) is 18.9 Å². The van der Waals surface area contributed by atoms with Gasteiger partial charge in [0.1, 0.15) is 29.9 Å². The third kappa shape index (κ3) is 3.93. The first-order valence-corrected chi connectivity index (χ1v) is 10.1. The zero-order valence-corrected chi connectivity index (χ0v) is 16.3. The van der Waals surface area contributed by atoms with E-state index >= 15 is 0 Å². The first kappa shape index (κ1) is 18.2. The Labute approximate surface area is 161 Å². The van der Waals surface area contributed by atoms with Gasteiger partial charge in [-0.05, 0) is 37.5 Å². The number of anilines is 2. The Morgan fingerprint density at radius 3 is 2.44 bits per heavy atom. The largest absolute Gasteiger partial charge is 0.385 e. The SMILES string of the molecule is CC1CCCN(c2cc(N3CCC(C(O)c4nccn4C)CC3)ncn2)C1. The molecule has 0 spiro atoms. The molecule has 2 atom stereocenters. The van der Waals surface area contributed by atoms with Crippen molar-refractivity contribution < 1.29 is 5.11 Å². The lowest BCUT2D eigenvalue weighted by Gasteiger charge is -2.35. The van der Waals surface area contributed by atoms with Crippen LogP contribution in [0.1, 0.15) is 44.5 Å². The van der Waals surface area contributed by atoms with Crippen LogP contribution in [0.5, 0.6) is 0 Å². The highest BCUT2D eigenvalue weighted by atomic mass is 16.3. The van der Waals surface area contributed by atoms with Crippen LogP contribution in [0.25, 0.3) is 0 Å². The molecule has 0 aliphatic carbocycles. The molecule has 2 aliphatic rings. The van der Waals surface area contributed by atoms with E-state index in [1.807, 2.05) is 17.8 Å². The summed E-state index contributed by atoms with van der Waals surface area (Å²) >= 11 is 0. The van der Waals surface area contributed by atoms with E-state index in [1.165, 1.54) is 12.8 Å². The van der Waals surface area contributed by atoms with E-state index in [4.69, 9.17) is 0 Å². The third-order valence-corrected chi connectivity index (χ3v) is 6.05. The van der Waals surface area contributed by atoms with E-state index in [-0.39, 0.29) is 5.92 Å². The summed E-state index contributed by atoms with van der Waals surface area (Å²) in [6.07, 6.45) is 9.25. The Morgan fingerprint density at radius 2 is 1.78 bits per heavy atom. The third-order valence-electron chi connectivity index (χ3n) is 6.05. The number of hydrogen-bond donors (Lipinski definition) is 1. The van der Waals surface area contributed by atoms with Gasteiger partial charge in [-0.2, -0.15) is 0 Å². The molecule has 146 valence electrons. The van der Waals surface area contributed by atoms with Crippen LogP contribution in [0, 0.1) is 11.8 Å². The fraction of sp³-hybridized carbons (Fsp3) is 0.650. The summed E-state index contributed by atoms with van der Waals surface area (Å²) in [6.45, 7) is 6.27. The molecule has 4 heterocycles. The van der Waals surface area contributed by atoms with Crippen molar-refractivity contribution >= 4 is 11.6 Å². The number of aromatic nitrogens is 4. The molecule has 0 saturated carbocycles. The number of piperidine rings is 2. The number of aliphatic hydroxyl groups is 1. The molecule has 7 nitrogen and oxygen atoms in total. The van der Waals surface area contributed by atoms with Crippen molar-refractivity contribution in [3.8, 4) is 0 Å². The molecular formula is C20H30N6O. The maximum atomic E-state index is 10.7. The van der Waals surface area contributed by atoms with Crippen LogP contribution < -0.4 is 9.80 Å². The summed E-state index contributed by atoms with van der Waals surface area (Å²) in [5.74, 6) is 3.77. The Hall–Kier alpha value is -2.15. The normalized spacial score (nSPS) is 22.9. The predicted molar refractivity (Wildman–Crippen MR) is 106 cm³/mol. The van der Waals surface area contributed by atoms with E-state index in [9.17, 15) is 5.11 Å². The molecule has 27 heavy (non-hydrogen) atoms. The van der Waals surface area contributed by atoms with E-state index in [0.717, 1.165) is 62.4 Å². The molecule has 0 bridgehead atoms. The second-order valence-corrected chi connectivity index (χ2v) is 8.09. The van der Waals surface area contributed by atoms with Crippen LogP contribution in [0.3, 0.4) is 0 Å². The average Bonchev–Trinajstić information content (AvgIpc) is 3.13. The van der Waals surface area contributed by atoms with Gasteiger partial charge in [0.15, 0.2) is 0 Å². The standard InChI is InChI=1S/C20H30N6O/c1-15-4-3-8-26(13-15)18-12-17(22-14-23-18)25-9-5-16(6-10-25)19(27)20-21-7-11-24(20)2/h7,11-12,14-16,19,27H,3-6,8-10,13H2,1-2H3. The maximum Gasteiger partial charge on any atom is 0.137 e. The fourth-order valence-corrected chi connectivity index (χ4v) is 4.40. The van der Waals surface area contributed by atoms with Crippen LogP contribution >= 0.6 is 0 Å². The van der Waals surface area contributed by atoms with Crippen molar-refractivity contribution in [3.63, 3.8) is 0 Å². The zero-order chi connectivity index (χ0) is 18.8. The van der Waals surface area contributed by atoms with Crippen molar-refractivity contribution in [2.75, 3.05) is 36.0 Å². The molecular weight excluding hydrogens is 340 g/mol. The molecule has 0 aromatic carbocycles. The Bertz CT molecular complexity index is 754. The van der Waals surface area contributed by atoms with Gasteiger partial charge in [0.25, 0.3) is 0 Å². The number of rotatable bonds is 4. The minimum absolute atomic E-state index is 0.242. The Morgan fingerprint density at radius 1 is 1.04 bits per heavy atom. The number of aryl methyl sites for hydroxylation is 1. The molecule has 0 amide bonds. The van der Waals surface area contributed by atoms with E-state index < -0.39 is 6.10 Å². The van der Waals surface area contributed by atoms with Crippen molar-refractivity contribution in [1.29, 1.82) is 0 Å². The van der Waals surface area contributed by atoms with E-state index in [1.54, 1.807) is 12.5 Å². The number of imidazole rings is 1. The fourth-order valence-electron chi connectivity index (χ4n) is 4.40. The smallest absolute Gasteiger partial charge is 0.137 e. The summed E-state index contributed by atoms with van der Waals surface area (Å²) < 4.78 is 1.91. The van der Waals surface area contributed by atoms with Gasteiger partial charge < -0.3 is 19.5 Å². The first-order valence-electron chi connectivity index (χ1n) is 10.1. The van der Waals surface area contributed by atoms with Gasteiger partial charge in [-0.25, -0.2) is 15.0 Å². The van der Waals surface area contributed by atoms with Gasteiger partial charge in [0.05, 0.1) is 0 Å². The molecule has 1 N–H and O–H groups in total. The summed E-state index contributed by atoms with van der Waals surface area (Å²) in [7, 11) is 1.94. The first-order chi connectivity index (χ1) is 13.1. The number of nitrogens with zero attached hydrogens (tertiary/aromatic N) is 6. The number of hydrogen-bond acceptors (Lipinski definition) is 6. The quantitative estimate of drug-likeness (QED) is 0.891. The van der Waals surface area contributed by atoms with Crippen molar-refractivity contribution in [1.82, 2.24) is 19.5 Å². The second kappa shape index (κ2) is 7.84. The van der Waals surface area contributed by atoms with Crippen LogP contribution in [-0.2, 0) is 7.05 Å². The van der Waals surface area contributed by atoms with Gasteiger partial charge in [0.2, 0.25) is 0 Å². The molecule has 7 heteroatoms. The minimum atomic E-state index is -0.497. The summed E-state index contributed by atoms with van der Waals surface area (Å²) in [4.78, 5) is 18.1. The topological polar surface area (TPSA) is 70.3 Å². The highest BCUT2D eigenvalue weighted by Crippen LogP contribution is 2.32. The lowest BCUT2D eigenvalue weighted by molar-refractivity contribution is 0.0824. The summed E-state index contributed by atoms with van der Waals surface area (Å²) in [6, 6.07) is 2.13. The van der Waals surface area contributed by atoms with Gasteiger partial charge in [-0.1, -0.05) is 6.92 Å². The maximum absolute atomic E-state index is 10.7. The molecule has 2 aromatic heterocycles.